The maximum Gasteiger partial charge on any atom is 0.253 e. The topological polar surface area (TPSA) is 70.0 Å². The zero-order chi connectivity index (χ0) is 18.6. The van der Waals surface area contributed by atoms with Gasteiger partial charge in [0.1, 0.15) is 0 Å². The third-order valence-electron chi connectivity index (χ3n) is 3.90. The summed E-state index contributed by atoms with van der Waals surface area (Å²) in [6, 6.07) is 12.9. The zero-order valence-electron chi connectivity index (χ0n) is 14.3. The molecule has 0 saturated carbocycles. The summed E-state index contributed by atoms with van der Waals surface area (Å²) in [5, 5.41) is 12.0. The van der Waals surface area contributed by atoms with Gasteiger partial charge in [-0.05, 0) is 37.1 Å². The average molecular weight is 355 g/mol. The molecule has 1 atom stereocenters. The van der Waals surface area contributed by atoms with Gasteiger partial charge in [0.2, 0.25) is 0 Å². The van der Waals surface area contributed by atoms with Crippen LogP contribution in [0.1, 0.15) is 45.7 Å². The van der Waals surface area contributed by atoms with Crippen molar-refractivity contribution in [1.29, 1.82) is 5.26 Å². The quantitative estimate of drug-likeness (QED) is 0.819. The molecule has 1 amide bonds. The Hall–Kier alpha value is -2.64. The molecule has 0 aliphatic heterocycles. The predicted octanol–water partition coefficient (Wildman–Crippen LogP) is 4.16. The molecule has 2 aromatic carbocycles. The van der Waals surface area contributed by atoms with Gasteiger partial charge < -0.3 is 5.32 Å². The number of halogens is 1. The van der Waals surface area contributed by atoms with Crippen LogP contribution in [0.5, 0.6) is 0 Å². The molecule has 0 aliphatic carbocycles. The lowest BCUT2D eigenvalue weighted by molar-refractivity contribution is 0.0831. The van der Waals surface area contributed by atoms with E-state index < -0.39 is 6.04 Å². The van der Waals surface area contributed by atoms with Gasteiger partial charge in [-0.3, -0.25) is 9.59 Å². The summed E-state index contributed by atoms with van der Waals surface area (Å²) in [5.74, 6) is -0.679. The first-order valence-electron chi connectivity index (χ1n) is 7.95. The third-order valence-corrected chi connectivity index (χ3v) is 4.23. The van der Waals surface area contributed by atoms with Crippen molar-refractivity contribution in [3.05, 3.63) is 69.7 Å². The number of benzene rings is 2. The number of carbonyl (C=O) groups excluding carboxylic acids is 2. The summed E-state index contributed by atoms with van der Waals surface area (Å²) in [7, 11) is 0. The molecule has 0 spiro atoms. The van der Waals surface area contributed by atoms with Crippen LogP contribution in [-0.2, 0) is 0 Å². The Bertz CT molecular complexity index is 836. The minimum atomic E-state index is -0.683. The molecule has 1 unspecified atom stereocenters. The molecule has 25 heavy (non-hydrogen) atoms. The Labute approximate surface area is 152 Å². The second kappa shape index (κ2) is 7.96. The van der Waals surface area contributed by atoms with E-state index in [1.165, 1.54) is 0 Å². The van der Waals surface area contributed by atoms with Crippen molar-refractivity contribution in [2.45, 2.75) is 26.8 Å². The molecular weight excluding hydrogens is 336 g/mol. The summed E-state index contributed by atoms with van der Waals surface area (Å²) in [4.78, 5) is 25.4. The minimum absolute atomic E-state index is 0.101. The van der Waals surface area contributed by atoms with Crippen LogP contribution in [0.4, 0.5) is 0 Å². The van der Waals surface area contributed by atoms with Gasteiger partial charge in [-0.2, -0.15) is 5.26 Å². The molecule has 5 heteroatoms. The molecule has 128 valence electrons. The largest absolute Gasteiger partial charge is 0.342 e. The van der Waals surface area contributed by atoms with Crippen LogP contribution in [0.3, 0.4) is 0 Å². The number of Topliss-reactive ketones (excluding diaryl/α,β-unsaturated/α-hetero) is 1. The number of hydrogen-bond donors (Lipinski definition) is 1. The van der Waals surface area contributed by atoms with Crippen molar-refractivity contribution in [1.82, 2.24) is 5.32 Å². The number of amides is 1. The Balaban J connectivity index is 2.25. The van der Waals surface area contributed by atoms with Crippen LogP contribution in [0, 0.1) is 24.2 Å². The van der Waals surface area contributed by atoms with Gasteiger partial charge in [0.25, 0.3) is 5.91 Å². The van der Waals surface area contributed by atoms with E-state index >= 15 is 0 Å². The van der Waals surface area contributed by atoms with Gasteiger partial charge in [0.15, 0.2) is 5.78 Å². The van der Waals surface area contributed by atoms with E-state index in [9.17, 15) is 9.59 Å². The molecule has 0 aromatic heterocycles. The molecule has 0 saturated heterocycles. The van der Waals surface area contributed by atoms with E-state index in [4.69, 9.17) is 16.9 Å². The van der Waals surface area contributed by atoms with E-state index in [1.54, 1.807) is 36.4 Å². The molecule has 0 radical (unpaired) electrons. The second-order valence-electron chi connectivity index (χ2n) is 6.23. The summed E-state index contributed by atoms with van der Waals surface area (Å²) < 4.78 is 0. The monoisotopic (exact) mass is 354 g/mol. The molecule has 1 N–H and O–H groups in total. The molecule has 0 aliphatic rings. The van der Waals surface area contributed by atoms with Crippen LogP contribution >= 0.6 is 11.6 Å². The van der Waals surface area contributed by atoms with Gasteiger partial charge >= 0.3 is 0 Å². The average Bonchev–Trinajstić information content (AvgIpc) is 2.60. The zero-order valence-corrected chi connectivity index (χ0v) is 15.1. The molecule has 0 fully saturated rings. The Morgan fingerprint density at radius 2 is 1.76 bits per heavy atom. The fourth-order valence-corrected chi connectivity index (χ4v) is 2.66. The van der Waals surface area contributed by atoms with Gasteiger partial charge in [-0.1, -0.05) is 49.2 Å². The Kier molecular flexibility index (Phi) is 5.95. The van der Waals surface area contributed by atoms with Crippen molar-refractivity contribution >= 4 is 23.3 Å². The minimum Gasteiger partial charge on any atom is -0.342 e. The van der Waals surface area contributed by atoms with Crippen molar-refractivity contribution in [2.24, 2.45) is 5.92 Å². The highest BCUT2D eigenvalue weighted by molar-refractivity contribution is 6.34. The maximum absolute atomic E-state index is 12.8. The number of aryl methyl sites for hydroxylation is 1. The van der Waals surface area contributed by atoms with E-state index in [1.807, 2.05) is 32.9 Å². The lowest BCUT2D eigenvalue weighted by atomic mass is 9.94. The smallest absolute Gasteiger partial charge is 0.253 e. The van der Waals surface area contributed by atoms with Crippen LogP contribution < -0.4 is 5.32 Å². The highest BCUT2D eigenvalue weighted by Gasteiger charge is 2.26. The first kappa shape index (κ1) is 18.7. The fourth-order valence-electron chi connectivity index (χ4n) is 2.46. The fraction of sp³-hybridized carbons (Fsp3) is 0.250. The van der Waals surface area contributed by atoms with Crippen molar-refractivity contribution in [3.63, 3.8) is 0 Å². The summed E-state index contributed by atoms with van der Waals surface area (Å²) in [6.45, 7) is 5.60. The number of hydrogen-bond acceptors (Lipinski definition) is 3. The number of nitrogens with one attached hydrogen (secondary N) is 1. The maximum atomic E-state index is 12.8. The van der Waals surface area contributed by atoms with E-state index in [0.29, 0.717) is 21.7 Å². The summed E-state index contributed by atoms with van der Waals surface area (Å²) in [5.41, 5.74) is 2.19. The third kappa shape index (κ3) is 4.46. The van der Waals surface area contributed by atoms with Crippen molar-refractivity contribution < 1.29 is 9.59 Å². The van der Waals surface area contributed by atoms with Gasteiger partial charge in [0.05, 0.1) is 28.3 Å². The van der Waals surface area contributed by atoms with E-state index in [0.717, 1.165) is 5.56 Å². The lowest BCUT2D eigenvalue weighted by Crippen LogP contribution is -2.44. The lowest BCUT2D eigenvalue weighted by Gasteiger charge is -2.21. The van der Waals surface area contributed by atoms with Gasteiger partial charge in [0, 0.05) is 5.56 Å². The van der Waals surface area contributed by atoms with Gasteiger partial charge in [-0.15, -0.1) is 0 Å². The van der Waals surface area contributed by atoms with Crippen LogP contribution in [0.2, 0.25) is 5.02 Å². The number of nitriles is 1. The first-order valence-corrected chi connectivity index (χ1v) is 8.32. The van der Waals surface area contributed by atoms with Crippen molar-refractivity contribution in [3.8, 4) is 6.07 Å². The standard InChI is InChI=1S/C20H19ClN2O2/c1-12(2)18(19(24)15-7-5-14(11-22)6-8-15)23-20(25)16-10-13(3)4-9-17(16)21/h4-10,12,18H,1-3H3,(H,23,25). The van der Waals surface area contributed by atoms with Crippen molar-refractivity contribution in [2.75, 3.05) is 0 Å². The molecule has 2 aromatic rings. The molecular formula is C20H19ClN2O2. The van der Waals surface area contributed by atoms with Crippen LogP contribution in [-0.4, -0.2) is 17.7 Å². The molecule has 2 rings (SSSR count). The molecule has 0 bridgehead atoms. The highest BCUT2D eigenvalue weighted by atomic mass is 35.5. The van der Waals surface area contributed by atoms with Crippen LogP contribution in [0.25, 0.3) is 0 Å². The number of rotatable bonds is 5. The van der Waals surface area contributed by atoms with Gasteiger partial charge in [-0.25, -0.2) is 0 Å². The highest BCUT2D eigenvalue weighted by Crippen LogP contribution is 2.19. The second-order valence-corrected chi connectivity index (χ2v) is 6.64. The van der Waals surface area contributed by atoms with E-state index in [-0.39, 0.29) is 17.6 Å². The summed E-state index contributed by atoms with van der Waals surface area (Å²) in [6.07, 6.45) is 0. The molecule has 4 nitrogen and oxygen atoms in total. The number of ketones is 1. The number of carbonyl (C=O) groups is 2. The Morgan fingerprint density at radius 1 is 1.12 bits per heavy atom. The summed E-state index contributed by atoms with van der Waals surface area (Å²) >= 11 is 6.11. The van der Waals surface area contributed by atoms with E-state index in [2.05, 4.69) is 5.32 Å². The normalized spacial score (nSPS) is 11.7. The Morgan fingerprint density at radius 3 is 2.32 bits per heavy atom. The predicted molar refractivity (Wildman–Crippen MR) is 97.8 cm³/mol. The SMILES string of the molecule is Cc1ccc(Cl)c(C(=O)NC(C(=O)c2ccc(C#N)cc2)C(C)C)c1. The first-order chi connectivity index (χ1) is 11.8. The van der Waals surface area contributed by atoms with Crippen LogP contribution in [0.15, 0.2) is 42.5 Å². The molecule has 0 heterocycles. The number of nitrogens with zero attached hydrogens (tertiary/aromatic N) is 1.